The normalized spacial score (nSPS) is 14.9. The largest absolute Gasteiger partial charge is 0.417 e. The third-order valence-corrected chi connectivity index (χ3v) is 4.98. The van der Waals surface area contributed by atoms with Crippen LogP contribution in [0.4, 0.5) is 13.2 Å². The molecule has 25 heavy (non-hydrogen) atoms. The lowest BCUT2D eigenvalue weighted by Gasteiger charge is -2.15. The minimum absolute atomic E-state index is 0.000724. The van der Waals surface area contributed by atoms with Gasteiger partial charge in [0.2, 0.25) is 11.8 Å². The van der Waals surface area contributed by atoms with E-state index in [4.69, 9.17) is 11.6 Å². The van der Waals surface area contributed by atoms with Gasteiger partial charge in [-0.3, -0.25) is 9.59 Å². The van der Waals surface area contributed by atoms with Gasteiger partial charge in [-0.25, -0.2) is 4.98 Å². The van der Waals surface area contributed by atoms with Gasteiger partial charge in [0.25, 0.3) is 0 Å². The van der Waals surface area contributed by atoms with Crippen LogP contribution in [0.2, 0.25) is 5.02 Å². The molecule has 0 aliphatic carbocycles. The summed E-state index contributed by atoms with van der Waals surface area (Å²) >= 11 is 6.75. The number of halogens is 4. The molecule has 1 aliphatic heterocycles. The first-order valence-corrected chi connectivity index (χ1v) is 9.04. The fourth-order valence-electron chi connectivity index (χ4n) is 2.31. The summed E-state index contributed by atoms with van der Waals surface area (Å²) < 4.78 is 37.6. The van der Waals surface area contributed by atoms with Gasteiger partial charge >= 0.3 is 6.18 Å². The van der Waals surface area contributed by atoms with Gasteiger partial charge in [-0.2, -0.15) is 13.2 Å². The molecule has 2 amide bonds. The zero-order valence-electron chi connectivity index (χ0n) is 13.2. The summed E-state index contributed by atoms with van der Waals surface area (Å²) in [4.78, 5) is 28.6. The smallest absolute Gasteiger partial charge is 0.355 e. The van der Waals surface area contributed by atoms with Crippen LogP contribution in [0.25, 0.3) is 0 Å². The molecular weight excluding hydrogens is 379 g/mol. The van der Waals surface area contributed by atoms with Gasteiger partial charge in [0.15, 0.2) is 0 Å². The summed E-state index contributed by atoms with van der Waals surface area (Å²) in [6.07, 6.45) is -1.69. The highest BCUT2D eigenvalue weighted by atomic mass is 35.5. The predicted molar refractivity (Wildman–Crippen MR) is 88.4 cm³/mol. The Morgan fingerprint density at radius 2 is 2.20 bits per heavy atom. The maximum Gasteiger partial charge on any atom is 0.417 e. The van der Waals surface area contributed by atoms with Crippen LogP contribution in [0.1, 0.15) is 24.8 Å². The van der Waals surface area contributed by atoms with Crippen LogP contribution >= 0.6 is 23.4 Å². The molecule has 138 valence electrons. The molecule has 1 N–H and O–H groups in total. The molecule has 0 unspecified atom stereocenters. The van der Waals surface area contributed by atoms with Crippen molar-refractivity contribution in [3.8, 4) is 0 Å². The summed E-state index contributed by atoms with van der Waals surface area (Å²) in [5.74, 6) is -0.124. The summed E-state index contributed by atoms with van der Waals surface area (Å²) in [5, 5.41) is 2.73. The molecule has 0 bridgehead atoms. The zero-order chi connectivity index (χ0) is 18.4. The second-order valence-corrected chi connectivity index (χ2v) is 6.86. The molecule has 0 spiro atoms. The molecule has 1 saturated heterocycles. The lowest BCUT2D eigenvalue weighted by molar-refractivity contribution is -0.138. The van der Waals surface area contributed by atoms with Gasteiger partial charge in [0, 0.05) is 32.3 Å². The SMILES string of the molecule is O=C(CSc1ncc(C(F)(F)F)cc1Cl)NCCCN1CCCC1=O. The van der Waals surface area contributed by atoms with Crippen molar-refractivity contribution in [3.05, 3.63) is 22.8 Å². The predicted octanol–water partition coefficient (Wildman–Crippen LogP) is 2.97. The number of alkyl halides is 3. The van der Waals surface area contributed by atoms with E-state index in [1.54, 1.807) is 4.90 Å². The first-order valence-electron chi connectivity index (χ1n) is 7.67. The number of carbonyl (C=O) groups excluding carboxylic acids is 2. The maximum atomic E-state index is 12.5. The summed E-state index contributed by atoms with van der Waals surface area (Å²) in [7, 11) is 0. The van der Waals surface area contributed by atoms with Gasteiger partial charge in [-0.05, 0) is 18.9 Å². The number of thioether (sulfide) groups is 1. The van der Waals surface area contributed by atoms with Crippen molar-refractivity contribution >= 4 is 35.2 Å². The third kappa shape index (κ3) is 6.07. The van der Waals surface area contributed by atoms with Crippen LogP contribution in [-0.2, 0) is 15.8 Å². The van der Waals surface area contributed by atoms with Gasteiger partial charge in [0.1, 0.15) is 5.03 Å². The molecule has 5 nitrogen and oxygen atoms in total. The summed E-state index contributed by atoms with van der Waals surface area (Å²) in [6.45, 7) is 1.80. The standard InChI is InChI=1S/C15H17ClF3N3O2S/c16-11-7-10(15(17,18)19)8-21-14(11)25-9-12(23)20-4-2-6-22-5-1-3-13(22)24/h7-8H,1-6,9H2,(H,20,23). The molecule has 1 aliphatic rings. The molecule has 1 aromatic rings. The summed E-state index contributed by atoms with van der Waals surface area (Å²) in [6, 6.07) is 0.794. The van der Waals surface area contributed by atoms with E-state index in [9.17, 15) is 22.8 Å². The monoisotopic (exact) mass is 395 g/mol. The number of hydrogen-bond donors (Lipinski definition) is 1. The van der Waals surface area contributed by atoms with E-state index >= 15 is 0 Å². The van der Waals surface area contributed by atoms with Crippen molar-refractivity contribution < 1.29 is 22.8 Å². The van der Waals surface area contributed by atoms with Gasteiger partial charge < -0.3 is 10.2 Å². The molecule has 0 radical (unpaired) electrons. The Kier molecular flexibility index (Phi) is 6.95. The number of likely N-dealkylation sites (tertiary alicyclic amines) is 1. The number of pyridine rings is 1. The highest BCUT2D eigenvalue weighted by Gasteiger charge is 2.31. The van der Waals surface area contributed by atoms with Crippen molar-refractivity contribution in [2.75, 3.05) is 25.4 Å². The maximum absolute atomic E-state index is 12.5. The number of nitrogens with zero attached hydrogens (tertiary/aromatic N) is 2. The van der Waals surface area contributed by atoms with Crippen LogP contribution < -0.4 is 5.32 Å². The fraction of sp³-hybridized carbons (Fsp3) is 0.533. The number of carbonyl (C=O) groups is 2. The van der Waals surface area contributed by atoms with E-state index in [0.717, 1.165) is 30.8 Å². The number of hydrogen-bond acceptors (Lipinski definition) is 4. The minimum atomic E-state index is -4.51. The Bertz CT molecular complexity index is 643. The first kappa shape index (κ1) is 19.8. The Morgan fingerprint density at radius 3 is 2.80 bits per heavy atom. The second-order valence-electron chi connectivity index (χ2n) is 5.49. The molecule has 0 aromatic carbocycles. The highest BCUT2D eigenvalue weighted by molar-refractivity contribution is 8.00. The van der Waals surface area contributed by atoms with E-state index in [1.165, 1.54) is 0 Å². The lowest BCUT2D eigenvalue weighted by Crippen LogP contribution is -2.31. The third-order valence-electron chi connectivity index (χ3n) is 3.57. The average molecular weight is 396 g/mol. The van der Waals surface area contributed by atoms with Gasteiger partial charge in [-0.15, -0.1) is 0 Å². The van der Waals surface area contributed by atoms with E-state index in [-0.39, 0.29) is 27.6 Å². The number of amides is 2. The Hall–Kier alpha value is -1.48. The van der Waals surface area contributed by atoms with Crippen molar-refractivity contribution in [3.63, 3.8) is 0 Å². The van der Waals surface area contributed by atoms with E-state index in [1.807, 2.05) is 0 Å². The fourth-order valence-corrected chi connectivity index (χ4v) is 3.33. The van der Waals surface area contributed by atoms with Crippen LogP contribution in [0.3, 0.4) is 0 Å². The van der Waals surface area contributed by atoms with Crippen LogP contribution in [0, 0.1) is 0 Å². The molecule has 10 heteroatoms. The molecule has 1 fully saturated rings. The Morgan fingerprint density at radius 1 is 1.44 bits per heavy atom. The zero-order valence-corrected chi connectivity index (χ0v) is 14.8. The topological polar surface area (TPSA) is 62.3 Å². The van der Waals surface area contributed by atoms with Crippen LogP contribution in [0.5, 0.6) is 0 Å². The van der Waals surface area contributed by atoms with Crippen LogP contribution in [0.15, 0.2) is 17.3 Å². The van der Waals surface area contributed by atoms with Crippen LogP contribution in [-0.4, -0.2) is 47.1 Å². The van der Waals surface area contributed by atoms with E-state index in [2.05, 4.69) is 10.3 Å². The molecule has 1 aromatic heterocycles. The van der Waals surface area contributed by atoms with Crippen molar-refractivity contribution in [1.82, 2.24) is 15.2 Å². The quantitative estimate of drug-likeness (QED) is 0.569. The minimum Gasteiger partial charge on any atom is -0.355 e. The van der Waals surface area contributed by atoms with Gasteiger partial charge in [0.05, 0.1) is 16.3 Å². The second kappa shape index (κ2) is 8.75. The number of nitrogens with one attached hydrogen (secondary N) is 1. The van der Waals surface area contributed by atoms with Crippen molar-refractivity contribution in [2.24, 2.45) is 0 Å². The highest BCUT2D eigenvalue weighted by Crippen LogP contribution is 2.33. The Labute approximate surface area is 152 Å². The van der Waals surface area contributed by atoms with Gasteiger partial charge in [-0.1, -0.05) is 23.4 Å². The average Bonchev–Trinajstić information content (AvgIpc) is 2.94. The van der Waals surface area contributed by atoms with Crippen molar-refractivity contribution in [1.29, 1.82) is 0 Å². The molecule has 2 heterocycles. The first-order chi connectivity index (χ1) is 11.8. The van der Waals surface area contributed by atoms with E-state index < -0.39 is 11.7 Å². The summed E-state index contributed by atoms with van der Waals surface area (Å²) in [5.41, 5.74) is -0.928. The number of aromatic nitrogens is 1. The molecule has 2 rings (SSSR count). The number of rotatable bonds is 7. The molecular formula is C15H17ClF3N3O2S. The molecule has 0 atom stereocenters. The van der Waals surface area contributed by atoms with Crippen molar-refractivity contribution in [2.45, 2.75) is 30.5 Å². The lowest BCUT2D eigenvalue weighted by atomic mass is 10.3. The molecule has 0 saturated carbocycles. The van der Waals surface area contributed by atoms with E-state index in [0.29, 0.717) is 32.1 Å². The Balaban J connectivity index is 1.70.